The van der Waals surface area contributed by atoms with Gasteiger partial charge in [-0.05, 0) is 31.4 Å². The van der Waals surface area contributed by atoms with Crippen molar-refractivity contribution in [3.05, 3.63) is 66.2 Å². The van der Waals surface area contributed by atoms with Crippen molar-refractivity contribution >= 4 is 18.4 Å². The minimum Gasteiger partial charge on any atom is -0.363 e. The molecule has 136 valence electrons. The van der Waals surface area contributed by atoms with Gasteiger partial charge in [0.05, 0.1) is 17.6 Å². The highest BCUT2D eigenvalue weighted by Crippen LogP contribution is 2.31. The van der Waals surface area contributed by atoms with Crippen molar-refractivity contribution < 1.29 is 4.79 Å². The highest BCUT2D eigenvalue weighted by Gasteiger charge is 2.19. The molecule has 1 aliphatic rings. The summed E-state index contributed by atoms with van der Waals surface area (Å²) in [5, 5.41) is 4.74. The smallest absolute Gasteiger partial charge is 0.168 e. The third kappa shape index (κ3) is 3.67. The molecule has 1 saturated heterocycles. The van der Waals surface area contributed by atoms with Gasteiger partial charge in [-0.3, -0.25) is 4.79 Å². The Hall–Kier alpha value is -3.21. The summed E-state index contributed by atoms with van der Waals surface area (Å²) in [6.45, 7) is 2.01. The largest absolute Gasteiger partial charge is 0.363 e. The molecule has 2 aromatic carbocycles. The molecule has 0 spiro atoms. The molecule has 0 unspecified atom stereocenters. The Morgan fingerprint density at radius 2 is 1.56 bits per heavy atom. The van der Waals surface area contributed by atoms with Crippen molar-refractivity contribution in [1.82, 2.24) is 14.7 Å². The molecule has 0 radical (unpaired) electrons. The number of rotatable bonds is 5. The van der Waals surface area contributed by atoms with Crippen LogP contribution in [-0.2, 0) is 0 Å². The zero-order valence-electron chi connectivity index (χ0n) is 15.2. The number of likely N-dealkylation sites (tertiary alicyclic amines) is 1. The van der Waals surface area contributed by atoms with Crippen molar-refractivity contribution in [2.45, 2.75) is 19.3 Å². The zero-order valence-corrected chi connectivity index (χ0v) is 15.2. The van der Waals surface area contributed by atoms with Crippen LogP contribution in [0.15, 0.2) is 65.7 Å². The third-order valence-corrected chi connectivity index (χ3v) is 4.80. The van der Waals surface area contributed by atoms with E-state index in [1.807, 2.05) is 67.0 Å². The molecule has 4 rings (SSSR count). The topological polar surface area (TPSA) is 50.5 Å². The summed E-state index contributed by atoms with van der Waals surface area (Å²) in [6.07, 6.45) is 6.35. The van der Waals surface area contributed by atoms with Crippen LogP contribution in [0.5, 0.6) is 0 Å². The summed E-state index contributed by atoms with van der Waals surface area (Å²) >= 11 is 0. The Bertz CT molecular complexity index is 926. The van der Waals surface area contributed by atoms with Gasteiger partial charge >= 0.3 is 0 Å². The van der Waals surface area contributed by atoms with Crippen LogP contribution in [0, 0.1) is 0 Å². The maximum Gasteiger partial charge on any atom is 0.168 e. The van der Waals surface area contributed by atoms with Crippen LogP contribution in [0.1, 0.15) is 29.6 Å². The molecule has 3 aromatic rings. The van der Waals surface area contributed by atoms with Gasteiger partial charge in [-0.2, -0.15) is 5.10 Å². The molecule has 0 atom stereocenters. The molecule has 0 N–H and O–H groups in total. The first-order valence-corrected chi connectivity index (χ1v) is 9.34. The SMILES string of the molecule is O=Cc1c(-c2ccccc2)nn(-c2ccccc2)c1/N=C/N1CCCCC1. The molecule has 1 aromatic heterocycles. The first kappa shape index (κ1) is 17.2. The number of hydrogen-bond acceptors (Lipinski definition) is 3. The van der Waals surface area contributed by atoms with Gasteiger partial charge < -0.3 is 4.90 Å². The number of nitrogens with zero attached hydrogens (tertiary/aromatic N) is 4. The fraction of sp³-hybridized carbons (Fsp3) is 0.227. The van der Waals surface area contributed by atoms with E-state index in [1.54, 1.807) is 4.68 Å². The average Bonchev–Trinajstić information content (AvgIpc) is 3.13. The van der Waals surface area contributed by atoms with E-state index in [2.05, 4.69) is 4.90 Å². The second-order valence-electron chi connectivity index (χ2n) is 6.66. The number of aliphatic imine (C=N–C) groups is 1. The Morgan fingerprint density at radius 1 is 0.889 bits per heavy atom. The van der Waals surface area contributed by atoms with E-state index in [9.17, 15) is 4.79 Å². The summed E-state index contributed by atoms with van der Waals surface area (Å²) in [7, 11) is 0. The van der Waals surface area contributed by atoms with E-state index in [-0.39, 0.29) is 0 Å². The lowest BCUT2D eigenvalue weighted by molar-refractivity contribution is 0.112. The van der Waals surface area contributed by atoms with E-state index in [4.69, 9.17) is 10.1 Å². The molecule has 0 amide bonds. The summed E-state index contributed by atoms with van der Waals surface area (Å²) in [5.41, 5.74) is 2.95. The number of aromatic nitrogens is 2. The average molecular weight is 358 g/mol. The number of hydrogen-bond donors (Lipinski definition) is 0. The van der Waals surface area contributed by atoms with Gasteiger partial charge in [0.15, 0.2) is 12.1 Å². The van der Waals surface area contributed by atoms with Crippen LogP contribution in [0.2, 0.25) is 0 Å². The molecule has 0 saturated carbocycles. The number of aldehydes is 1. The minimum atomic E-state index is 0.512. The van der Waals surface area contributed by atoms with Crippen LogP contribution < -0.4 is 0 Å². The molecule has 0 aliphatic carbocycles. The van der Waals surface area contributed by atoms with Gasteiger partial charge in [-0.1, -0.05) is 48.5 Å². The second-order valence-corrected chi connectivity index (χ2v) is 6.66. The normalized spacial score (nSPS) is 14.6. The number of para-hydroxylation sites is 1. The standard InChI is InChI=1S/C22H22N4O/c27-16-20-21(18-10-4-1-5-11-18)24-26(19-12-6-2-7-13-19)22(20)23-17-25-14-8-3-9-15-25/h1-2,4-7,10-13,16-17H,3,8-9,14-15H2/b23-17+. The van der Waals surface area contributed by atoms with Gasteiger partial charge in [0.25, 0.3) is 0 Å². The number of benzene rings is 2. The van der Waals surface area contributed by atoms with Crippen LogP contribution in [-0.4, -0.2) is 40.4 Å². The Kier molecular flexibility index (Phi) is 5.10. The first-order chi connectivity index (χ1) is 13.4. The molecule has 2 heterocycles. The van der Waals surface area contributed by atoms with Gasteiger partial charge in [0, 0.05) is 18.7 Å². The van der Waals surface area contributed by atoms with Gasteiger partial charge in [-0.25, -0.2) is 9.67 Å². The van der Waals surface area contributed by atoms with Gasteiger partial charge in [0.1, 0.15) is 5.69 Å². The molecule has 27 heavy (non-hydrogen) atoms. The van der Waals surface area contributed by atoms with E-state index >= 15 is 0 Å². The van der Waals surface area contributed by atoms with Gasteiger partial charge in [-0.15, -0.1) is 0 Å². The van der Waals surface area contributed by atoms with E-state index in [0.717, 1.165) is 30.6 Å². The lowest BCUT2D eigenvalue weighted by Gasteiger charge is -2.23. The van der Waals surface area contributed by atoms with E-state index < -0.39 is 0 Å². The van der Waals surface area contributed by atoms with Crippen LogP contribution in [0.25, 0.3) is 16.9 Å². The predicted molar refractivity (Wildman–Crippen MR) is 108 cm³/mol. The Morgan fingerprint density at radius 3 is 2.22 bits per heavy atom. The summed E-state index contributed by atoms with van der Waals surface area (Å²) in [4.78, 5) is 18.9. The van der Waals surface area contributed by atoms with E-state index in [1.165, 1.54) is 19.3 Å². The zero-order chi connectivity index (χ0) is 18.5. The summed E-state index contributed by atoms with van der Waals surface area (Å²) < 4.78 is 1.76. The summed E-state index contributed by atoms with van der Waals surface area (Å²) in [6, 6.07) is 19.6. The van der Waals surface area contributed by atoms with Crippen molar-refractivity contribution in [3.8, 4) is 16.9 Å². The predicted octanol–water partition coefficient (Wildman–Crippen LogP) is 4.50. The summed E-state index contributed by atoms with van der Waals surface area (Å²) in [5.74, 6) is 0.570. The maximum atomic E-state index is 12.0. The number of piperidine rings is 1. The van der Waals surface area contributed by atoms with Crippen molar-refractivity contribution in [3.63, 3.8) is 0 Å². The molecule has 1 fully saturated rings. The number of carbonyl (C=O) groups is 1. The molecule has 1 aliphatic heterocycles. The monoisotopic (exact) mass is 358 g/mol. The second kappa shape index (κ2) is 7.99. The minimum absolute atomic E-state index is 0.512. The van der Waals surface area contributed by atoms with Crippen LogP contribution >= 0.6 is 0 Å². The third-order valence-electron chi connectivity index (χ3n) is 4.80. The fourth-order valence-electron chi connectivity index (χ4n) is 3.38. The Balaban J connectivity index is 1.82. The van der Waals surface area contributed by atoms with Gasteiger partial charge in [0.2, 0.25) is 0 Å². The van der Waals surface area contributed by atoms with Crippen molar-refractivity contribution in [2.24, 2.45) is 4.99 Å². The number of carbonyl (C=O) groups excluding carboxylic acids is 1. The highest BCUT2D eigenvalue weighted by molar-refractivity contribution is 5.92. The van der Waals surface area contributed by atoms with Crippen molar-refractivity contribution in [1.29, 1.82) is 0 Å². The quantitative estimate of drug-likeness (QED) is 0.383. The van der Waals surface area contributed by atoms with E-state index in [0.29, 0.717) is 17.1 Å². The lowest BCUT2D eigenvalue weighted by atomic mass is 10.1. The lowest BCUT2D eigenvalue weighted by Crippen LogP contribution is -2.28. The first-order valence-electron chi connectivity index (χ1n) is 9.34. The molecular weight excluding hydrogens is 336 g/mol. The van der Waals surface area contributed by atoms with Crippen LogP contribution in [0.3, 0.4) is 0 Å². The molecule has 0 bridgehead atoms. The molecule has 5 nitrogen and oxygen atoms in total. The Labute approximate surface area is 159 Å². The maximum absolute atomic E-state index is 12.0. The molecular formula is C22H22N4O. The fourth-order valence-corrected chi connectivity index (χ4v) is 3.38. The molecule has 5 heteroatoms. The highest BCUT2D eigenvalue weighted by atomic mass is 16.1. The van der Waals surface area contributed by atoms with Crippen molar-refractivity contribution in [2.75, 3.05) is 13.1 Å². The van der Waals surface area contributed by atoms with Crippen LogP contribution in [0.4, 0.5) is 5.82 Å².